The molecule has 2 N–H and O–H groups in total. The van der Waals surface area contributed by atoms with Crippen LogP contribution in [0.5, 0.6) is 0 Å². The van der Waals surface area contributed by atoms with Gasteiger partial charge >= 0.3 is 6.18 Å². The van der Waals surface area contributed by atoms with Crippen molar-refractivity contribution in [2.24, 2.45) is 5.73 Å². The van der Waals surface area contributed by atoms with Crippen LogP contribution in [-0.4, -0.2) is 17.7 Å². The van der Waals surface area contributed by atoms with E-state index in [2.05, 4.69) is 4.98 Å². The molecule has 1 heterocycles. The van der Waals surface area contributed by atoms with Gasteiger partial charge in [-0.05, 0) is 11.6 Å². The molecule has 1 unspecified atom stereocenters. The highest BCUT2D eigenvalue weighted by molar-refractivity contribution is 6.41. The Hall–Kier alpha value is -0.520. The lowest BCUT2D eigenvalue weighted by Crippen LogP contribution is -2.28. The van der Waals surface area contributed by atoms with Gasteiger partial charge in [-0.25, -0.2) is 4.98 Å². The van der Waals surface area contributed by atoms with Crippen LogP contribution in [-0.2, 0) is 0 Å². The molecule has 0 aliphatic rings. The summed E-state index contributed by atoms with van der Waals surface area (Å²) >= 11 is 11.0. The lowest BCUT2D eigenvalue weighted by molar-refractivity contribution is -0.148. The number of rotatable bonds is 2. The molecule has 1 atom stereocenters. The largest absolute Gasteiger partial charge is 0.397 e. The van der Waals surface area contributed by atoms with Crippen LogP contribution >= 0.6 is 23.2 Å². The van der Waals surface area contributed by atoms with E-state index in [9.17, 15) is 13.2 Å². The van der Waals surface area contributed by atoms with E-state index in [4.69, 9.17) is 28.9 Å². The van der Waals surface area contributed by atoms with Crippen molar-refractivity contribution in [2.75, 3.05) is 6.54 Å². The minimum Gasteiger partial charge on any atom is -0.330 e. The monoisotopic (exact) mass is 258 g/mol. The van der Waals surface area contributed by atoms with Crippen LogP contribution < -0.4 is 5.73 Å². The van der Waals surface area contributed by atoms with E-state index in [0.29, 0.717) is 0 Å². The number of hydrogen-bond acceptors (Lipinski definition) is 2. The Morgan fingerprint density at radius 2 is 2.00 bits per heavy atom. The molecule has 0 amide bonds. The Labute approximate surface area is 94.2 Å². The van der Waals surface area contributed by atoms with Crippen molar-refractivity contribution >= 4 is 23.2 Å². The number of alkyl halides is 3. The number of halogens is 5. The zero-order valence-electron chi connectivity index (χ0n) is 7.35. The molecule has 0 radical (unpaired) electrons. The Kier molecular flexibility index (Phi) is 3.81. The predicted molar refractivity (Wildman–Crippen MR) is 52.1 cm³/mol. The van der Waals surface area contributed by atoms with E-state index < -0.39 is 18.6 Å². The van der Waals surface area contributed by atoms with Gasteiger partial charge in [-0.15, -0.1) is 0 Å². The molecule has 0 aliphatic carbocycles. The number of pyridine rings is 1. The molecule has 0 spiro atoms. The first-order valence-electron chi connectivity index (χ1n) is 3.94. The second kappa shape index (κ2) is 4.55. The van der Waals surface area contributed by atoms with Crippen LogP contribution in [0.3, 0.4) is 0 Å². The van der Waals surface area contributed by atoms with E-state index in [0.717, 1.165) is 12.3 Å². The van der Waals surface area contributed by atoms with Crippen molar-refractivity contribution in [1.29, 1.82) is 0 Å². The van der Waals surface area contributed by atoms with Crippen molar-refractivity contribution in [3.05, 3.63) is 28.0 Å². The first-order valence-corrected chi connectivity index (χ1v) is 4.69. The van der Waals surface area contributed by atoms with Crippen molar-refractivity contribution in [3.63, 3.8) is 0 Å². The van der Waals surface area contributed by atoms with Gasteiger partial charge in [0.15, 0.2) is 0 Å². The molecular formula is C8H7Cl2F3N2. The lowest BCUT2D eigenvalue weighted by Gasteiger charge is -2.18. The molecular weight excluding hydrogens is 252 g/mol. The van der Waals surface area contributed by atoms with E-state index >= 15 is 0 Å². The zero-order chi connectivity index (χ0) is 11.6. The zero-order valence-corrected chi connectivity index (χ0v) is 8.87. The third-order valence-corrected chi connectivity index (χ3v) is 2.54. The molecule has 0 aliphatic heterocycles. The maximum Gasteiger partial charge on any atom is 0.397 e. The fourth-order valence-electron chi connectivity index (χ4n) is 1.09. The molecule has 0 bridgehead atoms. The average Bonchev–Trinajstić information content (AvgIpc) is 2.10. The molecule has 1 rings (SSSR count). The third kappa shape index (κ3) is 2.96. The summed E-state index contributed by atoms with van der Waals surface area (Å²) in [5, 5.41) is -0.0461. The van der Waals surface area contributed by atoms with Gasteiger partial charge in [0.25, 0.3) is 0 Å². The van der Waals surface area contributed by atoms with E-state index in [-0.39, 0.29) is 15.7 Å². The average molecular weight is 259 g/mol. The summed E-state index contributed by atoms with van der Waals surface area (Å²) in [6.07, 6.45) is -3.38. The van der Waals surface area contributed by atoms with Crippen LogP contribution in [0.15, 0.2) is 12.3 Å². The van der Waals surface area contributed by atoms with Crippen LogP contribution in [0.2, 0.25) is 10.2 Å². The molecule has 84 valence electrons. The topological polar surface area (TPSA) is 38.9 Å². The highest BCUT2D eigenvalue weighted by atomic mass is 35.5. The van der Waals surface area contributed by atoms with Crippen LogP contribution in [0.25, 0.3) is 0 Å². The molecule has 1 aromatic heterocycles. The third-order valence-electron chi connectivity index (χ3n) is 1.85. The minimum atomic E-state index is -4.41. The summed E-state index contributed by atoms with van der Waals surface area (Å²) in [6.45, 7) is -0.552. The summed E-state index contributed by atoms with van der Waals surface area (Å²) in [4.78, 5) is 3.54. The summed E-state index contributed by atoms with van der Waals surface area (Å²) in [6, 6.07) is 1.13. The summed E-state index contributed by atoms with van der Waals surface area (Å²) in [5.41, 5.74) is 4.97. The molecule has 7 heteroatoms. The maximum atomic E-state index is 12.5. The number of hydrogen-bond donors (Lipinski definition) is 1. The predicted octanol–water partition coefficient (Wildman–Crippen LogP) is 2.99. The van der Waals surface area contributed by atoms with Gasteiger partial charge in [0.05, 0.1) is 10.9 Å². The maximum absolute atomic E-state index is 12.5. The molecule has 1 aromatic rings. The molecule has 0 saturated heterocycles. The highest BCUT2D eigenvalue weighted by Gasteiger charge is 2.40. The quantitative estimate of drug-likeness (QED) is 0.829. The molecule has 0 saturated carbocycles. The van der Waals surface area contributed by atoms with Crippen LogP contribution in [0.4, 0.5) is 13.2 Å². The molecule has 15 heavy (non-hydrogen) atoms. The van der Waals surface area contributed by atoms with Gasteiger partial charge in [0, 0.05) is 12.7 Å². The minimum absolute atomic E-state index is 0.0168. The Bertz CT molecular complexity index is 354. The Morgan fingerprint density at radius 1 is 1.40 bits per heavy atom. The first kappa shape index (κ1) is 12.5. The van der Waals surface area contributed by atoms with Gasteiger partial charge in [0.2, 0.25) is 0 Å². The van der Waals surface area contributed by atoms with Gasteiger partial charge in [-0.3, -0.25) is 0 Å². The Balaban J connectivity index is 3.08. The summed E-state index contributed by atoms with van der Waals surface area (Å²) in [5.74, 6) is -1.76. The van der Waals surface area contributed by atoms with Crippen molar-refractivity contribution < 1.29 is 13.2 Å². The normalized spacial score (nSPS) is 14.0. The Morgan fingerprint density at radius 3 is 2.40 bits per heavy atom. The second-order valence-corrected chi connectivity index (χ2v) is 3.64. The highest BCUT2D eigenvalue weighted by Crippen LogP contribution is 2.35. The smallest absolute Gasteiger partial charge is 0.330 e. The van der Waals surface area contributed by atoms with Crippen molar-refractivity contribution in [3.8, 4) is 0 Å². The van der Waals surface area contributed by atoms with Gasteiger partial charge < -0.3 is 5.73 Å². The van der Waals surface area contributed by atoms with Crippen LogP contribution in [0.1, 0.15) is 11.5 Å². The number of aromatic nitrogens is 1. The lowest BCUT2D eigenvalue weighted by atomic mass is 10.0. The van der Waals surface area contributed by atoms with Crippen molar-refractivity contribution in [1.82, 2.24) is 4.98 Å². The standard InChI is InChI=1S/C8H7Cl2F3N2/c9-6-1-4(3-15-7(6)10)5(2-14)8(11,12)13/h1,3,5H,2,14H2. The summed E-state index contributed by atoms with van der Waals surface area (Å²) in [7, 11) is 0. The van der Waals surface area contributed by atoms with E-state index in [1.54, 1.807) is 0 Å². The van der Waals surface area contributed by atoms with E-state index in [1.165, 1.54) is 0 Å². The molecule has 2 nitrogen and oxygen atoms in total. The van der Waals surface area contributed by atoms with Gasteiger partial charge in [-0.1, -0.05) is 23.2 Å². The summed E-state index contributed by atoms with van der Waals surface area (Å²) < 4.78 is 37.4. The number of nitrogens with zero attached hydrogens (tertiary/aromatic N) is 1. The number of nitrogens with two attached hydrogens (primary N) is 1. The van der Waals surface area contributed by atoms with Crippen molar-refractivity contribution in [2.45, 2.75) is 12.1 Å². The fraction of sp³-hybridized carbons (Fsp3) is 0.375. The van der Waals surface area contributed by atoms with Gasteiger partial charge in [0.1, 0.15) is 5.15 Å². The van der Waals surface area contributed by atoms with E-state index in [1.807, 2.05) is 0 Å². The molecule has 0 fully saturated rings. The SMILES string of the molecule is NCC(c1cnc(Cl)c(Cl)c1)C(F)(F)F. The van der Waals surface area contributed by atoms with Crippen LogP contribution in [0, 0.1) is 0 Å². The second-order valence-electron chi connectivity index (χ2n) is 2.87. The van der Waals surface area contributed by atoms with Gasteiger partial charge in [-0.2, -0.15) is 13.2 Å². The molecule has 0 aromatic carbocycles. The first-order chi connectivity index (χ1) is 6.86. The fourth-order valence-corrected chi connectivity index (χ4v) is 1.36.